The number of halogens is 1. The summed E-state index contributed by atoms with van der Waals surface area (Å²) in [6.07, 6.45) is 11.4. The minimum absolute atomic E-state index is 0.0416. The number of esters is 1. The predicted molar refractivity (Wildman–Crippen MR) is 140 cm³/mol. The lowest BCUT2D eigenvalue weighted by Crippen LogP contribution is -2.20. The molecule has 0 radical (unpaired) electrons. The highest BCUT2D eigenvalue weighted by molar-refractivity contribution is 9.15. The van der Waals surface area contributed by atoms with Crippen molar-refractivity contribution in [1.29, 1.82) is 0 Å². The summed E-state index contributed by atoms with van der Waals surface area (Å²) in [5, 5.41) is 0. The van der Waals surface area contributed by atoms with Crippen molar-refractivity contribution < 1.29 is 9.53 Å². The number of allylic oxidation sites excluding steroid dienone is 2. The molecule has 0 bridgehead atoms. The standard InChI is InChI=1S/C26H29BrO2S2/c1-3-4-7-20-9-15-23(16-10-20)26(30-18-6-19-31-26)17-5-8-24(27)21-11-13-22(14-12-21)25(28)29-2/h5,8-17H,3-4,6-7,18-19H2,1-2H3/b17-5+,24-8-. The second-order valence-electron chi connectivity index (χ2n) is 7.46. The number of aryl methyl sites for hydroxylation is 1. The summed E-state index contributed by atoms with van der Waals surface area (Å²) in [4.78, 5) is 11.6. The van der Waals surface area contributed by atoms with Gasteiger partial charge in [0.25, 0.3) is 0 Å². The normalized spacial score (nSPS) is 16.4. The van der Waals surface area contributed by atoms with E-state index in [-0.39, 0.29) is 10.0 Å². The topological polar surface area (TPSA) is 26.3 Å². The Bertz CT molecular complexity index is 911. The Kier molecular flexibility index (Phi) is 9.36. The first-order valence-corrected chi connectivity index (χ1v) is 13.5. The lowest BCUT2D eigenvalue weighted by atomic mass is 10.0. The van der Waals surface area contributed by atoms with Crippen LogP contribution in [-0.2, 0) is 15.2 Å². The first kappa shape index (κ1) is 24.2. The Hall–Kier alpha value is -1.43. The molecule has 1 aliphatic heterocycles. The summed E-state index contributed by atoms with van der Waals surface area (Å²) in [5.74, 6) is 2.03. The summed E-state index contributed by atoms with van der Waals surface area (Å²) < 4.78 is 5.71. The molecule has 1 fully saturated rings. The Morgan fingerprint density at radius 3 is 2.32 bits per heavy atom. The molecule has 0 atom stereocenters. The van der Waals surface area contributed by atoms with Crippen LogP contribution in [0.15, 0.2) is 66.8 Å². The number of ether oxygens (including phenoxy) is 1. The third-order valence-corrected chi connectivity index (χ3v) is 9.25. The first-order chi connectivity index (χ1) is 15.1. The zero-order valence-corrected chi connectivity index (χ0v) is 21.3. The molecule has 2 aromatic carbocycles. The van der Waals surface area contributed by atoms with Gasteiger partial charge in [-0.25, -0.2) is 4.79 Å². The van der Waals surface area contributed by atoms with E-state index in [2.05, 4.69) is 65.3 Å². The lowest BCUT2D eigenvalue weighted by molar-refractivity contribution is 0.0600. The average molecular weight is 518 g/mol. The number of carbonyl (C=O) groups excluding carboxylic acids is 1. The van der Waals surface area contributed by atoms with Crippen molar-refractivity contribution in [2.45, 2.75) is 36.7 Å². The van der Waals surface area contributed by atoms with Crippen LogP contribution in [0.5, 0.6) is 0 Å². The van der Waals surface area contributed by atoms with Gasteiger partial charge in [0.05, 0.1) is 12.7 Å². The Morgan fingerprint density at radius 2 is 1.71 bits per heavy atom. The molecular formula is C26H29BrO2S2. The SMILES string of the molecule is CCCCc1ccc(C2(/C=C/C=C(\Br)c3ccc(C(=O)OC)cc3)SCCCS2)cc1. The first-order valence-electron chi connectivity index (χ1n) is 10.7. The fourth-order valence-electron chi connectivity index (χ4n) is 3.43. The van der Waals surface area contributed by atoms with E-state index in [0.717, 1.165) is 16.5 Å². The lowest BCUT2D eigenvalue weighted by Gasteiger charge is -2.34. The van der Waals surface area contributed by atoms with Crippen LogP contribution in [0.2, 0.25) is 0 Å². The third-order valence-electron chi connectivity index (χ3n) is 5.24. The summed E-state index contributed by atoms with van der Waals surface area (Å²) in [6.45, 7) is 2.24. The molecule has 3 rings (SSSR count). The molecule has 0 amide bonds. The van der Waals surface area contributed by atoms with E-state index in [1.54, 1.807) is 12.1 Å². The fourth-order valence-corrected chi connectivity index (χ4v) is 7.00. The minimum atomic E-state index is -0.319. The second kappa shape index (κ2) is 12.0. The number of hydrogen-bond acceptors (Lipinski definition) is 4. The zero-order valence-electron chi connectivity index (χ0n) is 18.1. The number of benzene rings is 2. The molecule has 0 aliphatic carbocycles. The highest BCUT2D eigenvalue weighted by atomic mass is 79.9. The maximum Gasteiger partial charge on any atom is 0.337 e. The molecule has 0 aromatic heterocycles. The predicted octanol–water partition coefficient (Wildman–Crippen LogP) is 7.83. The van der Waals surface area contributed by atoms with Gasteiger partial charge in [-0.15, -0.1) is 23.5 Å². The minimum Gasteiger partial charge on any atom is -0.465 e. The number of rotatable bonds is 8. The van der Waals surface area contributed by atoms with Crippen LogP contribution < -0.4 is 0 Å². The smallest absolute Gasteiger partial charge is 0.337 e. The van der Waals surface area contributed by atoms with Crippen LogP contribution in [0.4, 0.5) is 0 Å². The van der Waals surface area contributed by atoms with E-state index >= 15 is 0 Å². The van der Waals surface area contributed by atoms with Gasteiger partial charge in [0.2, 0.25) is 0 Å². The zero-order chi connectivity index (χ0) is 22.1. The summed E-state index contributed by atoms with van der Waals surface area (Å²) >= 11 is 7.72. The van der Waals surface area contributed by atoms with E-state index in [4.69, 9.17) is 4.74 Å². The van der Waals surface area contributed by atoms with Crippen LogP contribution in [0.3, 0.4) is 0 Å². The van der Waals surface area contributed by atoms with Crippen molar-refractivity contribution in [1.82, 2.24) is 0 Å². The summed E-state index contributed by atoms with van der Waals surface area (Å²) in [7, 11) is 1.40. The van der Waals surface area contributed by atoms with Crippen LogP contribution in [0.25, 0.3) is 4.48 Å². The van der Waals surface area contributed by atoms with E-state index in [0.29, 0.717) is 5.56 Å². The number of thioether (sulfide) groups is 2. The van der Waals surface area contributed by atoms with Crippen molar-refractivity contribution in [2.75, 3.05) is 18.6 Å². The molecule has 0 spiro atoms. The van der Waals surface area contributed by atoms with Crippen LogP contribution in [0, 0.1) is 0 Å². The third kappa shape index (κ3) is 6.53. The number of hydrogen-bond donors (Lipinski definition) is 0. The van der Waals surface area contributed by atoms with Crippen molar-refractivity contribution in [2.24, 2.45) is 0 Å². The maximum atomic E-state index is 11.6. The highest BCUT2D eigenvalue weighted by Gasteiger charge is 2.32. The summed E-state index contributed by atoms with van der Waals surface area (Å²) in [6, 6.07) is 16.6. The van der Waals surface area contributed by atoms with E-state index in [9.17, 15) is 4.79 Å². The van der Waals surface area contributed by atoms with Gasteiger partial charge in [-0.05, 0) is 65.7 Å². The molecule has 1 aliphatic rings. The van der Waals surface area contributed by atoms with Gasteiger partial charge in [-0.2, -0.15) is 0 Å². The van der Waals surface area contributed by atoms with Crippen molar-refractivity contribution in [3.63, 3.8) is 0 Å². The molecule has 0 saturated carbocycles. The van der Waals surface area contributed by atoms with Gasteiger partial charge in [-0.1, -0.05) is 77.8 Å². The maximum absolute atomic E-state index is 11.6. The molecule has 2 nitrogen and oxygen atoms in total. The number of methoxy groups -OCH3 is 1. The van der Waals surface area contributed by atoms with E-state index in [1.807, 2.05) is 35.7 Å². The van der Waals surface area contributed by atoms with E-state index in [1.165, 1.54) is 49.0 Å². The van der Waals surface area contributed by atoms with Crippen LogP contribution in [-0.4, -0.2) is 24.6 Å². The molecule has 0 N–H and O–H groups in total. The Labute approximate surface area is 203 Å². The molecule has 1 heterocycles. The van der Waals surface area contributed by atoms with Crippen molar-refractivity contribution in [3.8, 4) is 0 Å². The molecular weight excluding hydrogens is 488 g/mol. The Morgan fingerprint density at radius 1 is 1.06 bits per heavy atom. The van der Waals surface area contributed by atoms with Gasteiger partial charge in [-0.3, -0.25) is 0 Å². The molecule has 164 valence electrons. The molecule has 1 saturated heterocycles. The second-order valence-corrected chi connectivity index (χ2v) is 11.3. The highest BCUT2D eigenvalue weighted by Crippen LogP contribution is 2.51. The van der Waals surface area contributed by atoms with Gasteiger partial charge in [0.1, 0.15) is 4.08 Å². The van der Waals surface area contributed by atoms with Gasteiger partial charge in [0, 0.05) is 4.48 Å². The number of carbonyl (C=O) groups is 1. The van der Waals surface area contributed by atoms with Gasteiger partial charge < -0.3 is 4.74 Å². The van der Waals surface area contributed by atoms with E-state index < -0.39 is 0 Å². The van der Waals surface area contributed by atoms with Crippen molar-refractivity contribution in [3.05, 3.63) is 89.0 Å². The molecule has 0 unspecified atom stereocenters. The quantitative estimate of drug-likeness (QED) is 0.263. The largest absolute Gasteiger partial charge is 0.465 e. The summed E-state index contributed by atoms with van der Waals surface area (Å²) in [5.41, 5.74) is 4.37. The Balaban J connectivity index is 1.77. The monoisotopic (exact) mass is 516 g/mol. The molecule has 5 heteroatoms. The molecule has 2 aromatic rings. The average Bonchev–Trinajstić information content (AvgIpc) is 2.83. The van der Waals surface area contributed by atoms with Crippen LogP contribution in [0.1, 0.15) is 53.2 Å². The van der Waals surface area contributed by atoms with Gasteiger partial charge in [0.15, 0.2) is 0 Å². The van der Waals surface area contributed by atoms with Crippen molar-refractivity contribution >= 4 is 49.9 Å². The number of unbranched alkanes of at least 4 members (excludes halogenated alkanes) is 1. The van der Waals surface area contributed by atoms with Crippen LogP contribution >= 0.6 is 39.5 Å². The van der Waals surface area contributed by atoms with Gasteiger partial charge >= 0.3 is 5.97 Å². The molecule has 31 heavy (non-hydrogen) atoms. The fraction of sp³-hybridized carbons (Fsp3) is 0.346.